The first kappa shape index (κ1) is 54.2. The molecule has 10 nitrogen and oxygen atoms in total. The van der Waals surface area contributed by atoms with Crippen molar-refractivity contribution >= 4 is 54.3 Å². The van der Waals surface area contributed by atoms with Gasteiger partial charge in [0.25, 0.3) is 8.32 Å². The van der Waals surface area contributed by atoms with Gasteiger partial charge < -0.3 is 30.4 Å². The molecular formula is C54H80N4O6SSi. The first-order chi connectivity index (χ1) is 32.0. The summed E-state index contributed by atoms with van der Waals surface area (Å²) in [5.41, 5.74) is 0. The van der Waals surface area contributed by atoms with E-state index in [1.54, 1.807) is 0 Å². The Labute approximate surface area is 402 Å². The maximum Gasteiger partial charge on any atom is 0.315 e. The van der Waals surface area contributed by atoms with E-state index in [2.05, 4.69) is 139 Å². The number of benzene rings is 2. The molecule has 2 aromatic rings. The van der Waals surface area contributed by atoms with Gasteiger partial charge in [-0.25, -0.2) is 4.79 Å². The van der Waals surface area contributed by atoms with Crippen LogP contribution in [0.2, 0.25) is 5.04 Å². The molecule has 0 aliphatic carbocycles. The lowest BCUT2D eigenvalue weighted by Crippen LogP contribution is -2.67. The van der Waals surface area contributed by atoms with Crippen molar-refractivity contribution in [2.45, 2.75) is 165 Å². The van der Waals surface area contributed by atoms with Gasteiger partial charge in [-0.15, -0.1) is 0 Å². The van der Waals surface area contributed by atoms with E-state index in [9.17, 15) is 19.2 Å². The maximum atomic E-state index is 12.8. The molecule has 4 N–H and O–H groups in total. The Morgan fingerprint density at radius 1 is 0.727 bits per heavy atom. The molecule has 4 atom stereocenters. The number of allylic oxidation sites excluding steroid dienone is 8. The highest BCUT2D eigenvalue weighted by molar-refractivity contribution is 8.00. The molecule has 2 heterocycles. The van der Waals surface area contributed by atoms with Gasteiger partial charge in [-0.05, 0) is 99.4 Å². The van der Waals surface area contributed by atoms with Crippen molar-refractivity contribution in [2.75, 3.05) is 25.5 Å². The predicted molar refractivity (Wildman–Crippen MR) is 276 cm³/mol. The van der Waals surface area contributed by atoms with E-state index in [4.69, 9.17) is 9.16 Å². The fourth-order valence-electron chi connectivity index (χ4n) is 8.61. The summed E-state index contributed by atoms with van der Waals surface area (Å²) in [5.74, 6) is 0.982. The van der Waals surface area contributed by atoms with Crippen LogP contribution in [0, 0.1) is 0 Å². The van der Waals surface area contributed by atoms with Gasteiger partial charge in [0.1, 0.15) is 0 Å². The molecule has 4 rings (SSSR count). The summed E-state index contributed by atoms with van der Waals surface area (Å²) in [7, 11) is -2.64. The third-order valence-corrected chi connectivity index (χ3v) is 18.6. The standard InChI is InChI=1S/C54H80N4O6SSi/c1-44(42-64-66(54(2,3)4,45-32-22-19-23-33-45)46-34-24-20-25-35-46)56-50(60)38-26-17-15-13-11-9-7-5-6-8-10-12-14-16-18-31-41-63-51(61)39-27-21-30-40-55-49(59)37-29-28-36-48-52-47(43-65-48)57-53(62)58-52/h6-9,12-15,19-20,22-25,32-35,44,47-48,52H,5,10-11,16-18,21,26-31,36-43H2,1-4H3,(H,55,59)(H,56,60)(H2,57,58,62)/b8-6-,9-7-,14-12-,15-13-/t44-,47+,48+,52+/m1/s1. The topological polar surface area (TPSA) is 135 Å². The van der Waals surface area contributed by atoms with Crippen LogP contribution in [0.4, 0.5) is 4.79 Å². The van der Waals surface area contributed by atoms with Gasteiger partial charge >= 0.3 is 12.0 Å². The summed E-state index contributed by atoms with van der Waals surface area (Å²) in [6, 6.07) is 21.5. The quantitative estimate of drug-likeness (QED) is 0.0189. The Hall–Kier alpha value is -4.39. The molecule has 362 valence electrons. The van der Waals surface area contributed by atoms with E-state index >= 15 is 0 Å². The molecule has 66 heavy (non-hydrogen) atoms. The van der Waals surface area contributed by atoms with Gasteiger partial charge in [0.15, 0.2) is 0 Å². The fourth-order valence-corrected chi connectivity index (χ4v) is 14.8. The minimum Gasteiger partial charge on any atom is -0.466 e. The molecule has 12 heteroatoms. The third-order valence-electron chi connectivity index (χ3n) is 12.1. The zero-order valence-electron chi connectivity index (χ0n) is 40.4. The highest BCUT2D eigenvalue weighted by Gasteiger charge is 2.50. The van der Waals surface area contributed by atoms with E-state index < -0.39 is 8.32 Å². The highest BCUT2D eigenvalue weighted by atomic mass is 32.2. The Morgan fingerprint density at radius 2 is 1.32 bits per heavy atom. The molecule has 0 spiro atoms. The van der Waals surface area contributed by atoms with E-state index in [1.807, 2.05) is 30.8 Å². The Bertz CT molecular complexity index is 1810. The molecule has 0 radical (unpaired) electrons. The van der Waals surface area contributed by atoms with Crippen molar-refractivity contribution in [1.82, 2.24) is 21.3 Å². The average Bonchev–Trinajstić information content (AvgIpc) is 3.86. The summed E-state index contributed by atoms with van der Waals surface area (Å²) >= 11 is 1.91. The molecule has 4 amide bonds. The summed E-state index contributed by atoms with van der Waals surface area (Å²) in [5, 5.41) is 15.0. The Morgan fingerprint density at radius 3 is 1.95 bits per heavy atom. The number of hydrogen-bond donors (Lipinski definition) is 4. The fraction of sp³-hybridized carbons (Fsp3) is 0.556. The summed E-state index contributed by atoms with van der Waals surface area (Å²) < 4.78 is 12.4. The number of amides is 4. The van der Waals surface area contributed by atoms with E-state index in [-0.39, 0.29) is 47.0 Å². The monoisotopic (exact) mass is 941 g/mol. The van der Waals surface area contributed by atoms with Crippen LogP contribution >= 0.6 is 11.8 Å². The SMILES string of the molecule is C[C@H](CO[Si](c1ccccc1)(c1ccccc1)C(C)(C)C)NC(=O)CCC/C=C\C/C=C\C/C=C\C/C=C\CCCCOC(=O)CCCCCNC(=O)CCCC[C@@H]1SC[C@@H]2NC(=O)N[C@@H]21. The molecule has 2 aliphatic rings. The molecule has 2 saturated heterocycles. The highest BCUT2D eigenvalue weighted by Crippen LogP contribution is 2.37. The van der Waals surface area contributed by atoms with Crippen LogP contribution in [0.1, 0.15) is 137 Å². The number of carbonyl (C=O) groups excluding carboxylic acids is 4. The Kier molecular flexibility index (Phi) is 25.3. The molecule has 2 aromatic carbocycles. The largest absolute Gasteiger partial charge is 0.466 e. The number of thioether (sulfide) groups is 1. The van der Waals surface area contributed by atoms with Crippen LogP contribution in [-0.2, 0) is 23.5 Å². The minimum atomic E-state index is -2.64. The molecule has 0 unspecified atom stereocenters. The van der Waals surface area contributed by atoms with Crippen LogP contribution < -0.4 is 31.6 Å². The van der Waals surface area contributed by atoms with Crippen molar-refractivity contribution in [3.63, 3.8) is 0 Å². The summed E-state index contributed by atoms with van der Waals surface area (Å²) in [6.07, 6.45) is 31.5. The summed E-state index contributed by atoms with van der Waals surface area (Å²) in [6.45, 7) is 10.4. The van der Waals surface area contributed by atoms with Crippen molar-refractivity contribution in [3.05, 3.63) is 109 Å². The van der Waals surface area contributed by atoms with E-state index in [0.29, 0.717) is 44.3 Å². The second-order valence-electron chi connectivity index (χ2n) is 18.7. The number of carbonyl (C=O) groups is 4. The first-order valence-electron chi connectivity index (χ1n) is 24.7. The van der Waals surface area contributed by atoms with Crippen molar-refractivity contribution in [1.29, 1.82) is 0 Å². The third kappa shape index (κ3) is 19.8. The lowest BCUT2D eigenvalue weighted by Gasteiger charge is -2.43. The second-order valence-corrected chi connectivity index (χ2v) is 24.3. The molecular weight excluding hydrogens is 861 g/mol. The number of nitrogens with one attached hydrogen (secondary N) is 4. The number of ether oxygens (including phenoxy) is 1. The van der Waals surface area contributed by atoms with Gasteiger partial charge in [0, 0.05) is 42.9 Å². The predicted octanol–water partition coefficient (Wildman–Crippen LogP) is 9.75. The zero-order valence-corrected chi connectivity index (χ0v) is 42.2. The molecule has 0 saturated carbocycles. The van der Waals surface area contributed by atoms with Crippen LogP contribution in [0.5, 0.6) is 0 Å². The van der Waals surface area contributed by atoms with Gasteiger partial charge in [-0.2, -0.15) is 11.8 Å². The van der Waals surface area contributed by atoms with Crippen molar-refractivity contribution in [2.24, 2.45) is 0 Å². The molecule has 2 fully saturated rings. The van der Waals surface area contributed by atoms with Gasteiger partial charge in [-0.1, -0.05) is 143 Å². The number of esters is 1. The molecule has 2 aliphatic heterocycles. The summed E-state index contributed by atoms with van der Waals surface area (Å²) in [4.78, 5) is 48.6. The number of rotatable bonds is 32. The number of fused-ring (bicyclic) bond motifs is 1. The number of hydrogen-bond acceptors (Lipinski definition) is 7. The lowest BCUT2D eigenvalue weighted by atomic mass is 10.0. The van der Waals surface area contributed by atoms with Gasteiger partial charge in [0.05, 0.1) is 25.3 Å². The normalized spacial score (nSPS) is 17.9. The number of urea groups is 1. The van der Waals surface area contributed by atoms with E-state index in [0.717, 1.165) is 95.6 Å². The van der Waals surface area contributed by atoms with Gasteiger partial charge in [-0.3, -0.25) is 14.4 Å². The van der Waals surface area contributed by atoms with Crippen LogP contribution in [0.3, 0.4) is 0 Å². The first-order valence-corrected chi connectivity index (χ1v) is 27.7. The zero-order chi connectivity index (χ0) is 47.3. The lowest BCUT2D eigenvalue weighted by molar-refractivity contribution is -0.144. The van der Waals surface area contributed by atoms with Crippen LogP contribution in [-0.4, -0.2) is 81.0 Å². The van der Waals surface area contributed by atoms with Gasteiger partial charge in [0.2, 0.25) is 11.8 Å². The Balaban J connectivity index is 0.909. The van der Waals surface area contributed by atoms with Crippen molar-refractivity contribution < 1.29 is 28.3 Å². The smallest absolute Gasteiger partial charge is 0.315 e. The maximum absolute atomic E-state index is 12.8. The second kappa shape index (κ2) is 30.8. The minimum absolute atomic E-state index is 0.0567. The number of unbranched alkanes of at least 4 members (excludes halogenated alkanes) is 6. The van der Waals surface area contributed by atoms with Crippen LogP contribution in [0.15, 0.2) is 109 Å². The average molecular weight is 941 g/mol. The van der Waals surface area contributed by atoms with Crippen LogP contribution in [0.25, 0.3) is 0 Å². The molecule has 0 bridgehead atoms. The van der Waals surface area contributed by atoms with E-state index in [1.165, 1.54) is 10.4 Å². The molecule has 0 aromatic heterocycles. The van der Waals surface area contributed by atoms with Crippen molar-refractivity contribution in [3.8, 4) is 0 Å².